The van der Waals surface area contributed by atoms with Crippen LogP contribution in [0.25, 0.3) is 0 Å². The van der Waals surface area contributed by atoms with Gasteiger partial charge in [0.2, 0.25) is 0 Å². The van der Waals surface area contributed by atoms with Crippen LogP contribution in [0.15, 0.2) is 0 Å². The standard InChI is InChI=1S/C9H16N2/c1-11(8-10)7-6-9-4-2-3-5-9/h9H,2-7H2,1H3. The zero-order valence-corrected chi connectivity index (χ0v) is 7.21. The molecule has 2 heteroatoms. The molecule has 1 saturated carbocycles. The van der Waals surface area contributed by atoms with Crippen LogP contribution in [0.2, 0.25) is 0 Å². The topological polar surface area (TPSA) is 27.0 Å². The van der Waals surface area contributed by atoms with Crippen molar-refractivity contribution in [3.05, 3.63) is 0 Å². The summed E-state index contributed by atoms with van der Waals surface area (Å²) in [7, 11) is 1.86. The first kappa shape index (κ1) is 8.39. The molecule has 0 aromatic rings. The van der Waals surface area contributed by atoms with Crippen LogP contribution in [0.1, 0.15) is 32.1 Å². The van der Waals surface area contributed by atoms with E-state index in [-0.39, 0.29) is 0 Å². The Morgan fingerprint density at radius 1 is 1.45 bits per heavy atom. The van der Waals surface area contributed by atoms with E-state index in [1.54, 1.807) is 4.90 Å². The molecule has 2 nitrogen and oxygen atoms in total. The Labute approximate surface area is 68.8 Å². The Bertz CT molecular complexity index is 142. The maximum atomic E-state index is 8.48. The summed E-state index contributed by atoms with van der Waals surface area (Å²) in [5, 5.41) is 8.48. The first-order valence-corrected chi connectivity index (χ1v) is 4.44. The minimum absolute atomic E-state index is 0.908. The molecule has 0 saturated heterocycles. The average Bonchev–Trinajstić information content (AvgIpc) is 2.52. The van der Waals surface area contributed by atoms with E-state index < -0.39 is 0 Å². The quantitative estimate of drug-likeness (QED) is 0.456. The van der Waals surface area contributed by atoms with Crippen LogP contribution >= 0.6 is 0 Å². The molecule has 0 aromatic heterocycles. The van der Waals surface area contributed by atoms with Gasteiger partial charge in [-0.15, -0.1) is 0 Å². The van der Waals surface area contributed by atoms with E-state index in [1.165, 1.54) is 32.1 Å². The summed E-state index contributed by atoms with van der Waals surface area (Å²) in [4.78, 5) is 1.72. The average molecular weight is 152 g/mol. The normalized spacial score (nSPS) is 18.2. The second-order valence-electron chi connectivity index (χ2n) is 3.46. The van der Waals surface area contributed by atoms with Gasteiger partial charge in [0, 0.05) is 13.6 Å². The first-order chi connectivity index (χ1) is 5.33. The molecule has 1 rings (SSSR count). The van der Waals surface area contributed by atoms with Crippen LogP contribution in [0.3, 0.4) is 0 Å². The lowest BCUT2D eigenvalue weighted by atomic mass is 10.0. The second kappa shape index (κ2) is 4.23. The van der Waals surface area contributed by atoms with Crippen LogP contribution in [0.4, 0.5) is 0 Å². The fourth-order valence-electron chi connectivity index (χ4n) is 1.73. The van der Waals surface area contributed by atoms with Crippen molar-refractivity contribution in [3.63, 3.8) is 0 Å². The van der Waals surface area contributed by atoms with E-state index in [2.05, 4.69) is 6.19 Å². The van der Waals surface area contributed by atoms with E-state index in [4.69, 9.17) is 5.26 Å². The third-order valence-electron chi connectivity index (χ3n) is 2.52. The molecule has 0 aromatic carbocycles. The SMILES string of the molecule is CN(C#N)CCC1CCCC1. The summed E-state index contributed by atoms with van der Waals surface area (Å²) in [6.45, 7) is 0.946. The lowest BCUT2D eigenvalue weighted by molar-refractivity contribution is 0.391. The van der Waals surface area contributed by atoms with Crippen molar-refractivity contribution in [3.8, 4) is 6.19 Å². The highest BCUT2D eigenvalue weighted by atomic mass is 15.1. The van der Waals surface area contributed by atoms with E-state index in [9.17, 15) is 0 Å². The zero-order chi connectivity index (χ0) is 8.10. The van der Waals surface area contributed by atoms with Gasteiger partial charge in [-0.3, -0.25) is 0 Å². The predicted octanol–water partition coefficient (Wildman–Crippen LogP) is 1.98. The molecular weight excluding hydrogens is 136 g/mol. The van der Waals surface area contributed by atoms with Gasteiger partial charge in [-0.2, -0.15) is 5.26 Å². The van der Waals surface area contributed by atoms with Crippen LogP contribution in [-0.4, -0.2) is 18.5 Å². The Hall–Kier alpha value is -0.710. The van der Waals surface area contributed by atoms with Crippen molar-refractivity contribution < 1.29 is 0 Å². The summed E-state index contributed by atoms with van der Waals surface area (Å²) in [6, 6.07) is 0. The van der Waals surface area contributed by atoms with Gasteiger partial charge in [-0.05, 0) is 12.3 Å². The summed E-state index contributed by atoms with van der Waals surface area (Å²) >= 11 is 0. The van der Waals surface area contributed by atoms with Crippen LogP contribution in [0.5, 0.6) is 0 Å². The van der Waals surface area contributed by atoms with Crippen molar-refractivity contribution in [2.24, 2.45) is 5.92 Å². The molecule has 1 aliphatic carbocycles. The Morgan fingerprint density at radius 3 is 2.64 bits per heavy atom. The molecule has 0 spiro atoms. The van der Waals surface area contributed by atoms with Crippen molar-refractivity contribution in [2.75, 3.05) is 13.6 Å². The Balaban J connectivity index is 2.07. The maximum absolute atomic E-state index is 8.48. The fourth-order valence-corrected chi connectivity index (χ4v) is 1.73. The minimum atomic E-state index is 0.908. The lowest BCUT2D eigenvalue weighted by Crippen LogP contribution is -2.14. The number of hydrogen-bond donors (Lipinski definition) is 0. The summed E-state index contributed by atoms with van der Waals surface area (Å²) in [5.74, 6) is 0.908. The molecule has 0 N–H and O–H groups in total. The molecule has 0 aliphatic heterocycles. The van der Waals surface area contributed by atoms with Gasteiger partial charge in [-0.25, -0.2) is 0 Å². The minimum Gasteiger partial charge on any atom is -0.314 e. The monoisotopic (exact) mass is 152 g/mol. The largest absolute Gasteiger partial charge is 0.314 e. The van der Waals surface area contributed by atoms with Gasteiger partial charge in [0.25, 0.3) is 0 Å². The maximum Gasteiger partial charge on any atom is 0.179 e. The molecular formula is C9H16N2. The molecule has 1 aliphatic rings. The van der Waals surface area contributed by atoms with E-state index in [0.717, 1.165) is 12.5 Å². The highest BCUT2D eigenvalue weighted by Crippen LogP contribution is 2.27. The van der Waals surface area contributed by atoms with E-state index in [0.29, 0.717) is 0 Å². The van der Waals surface area contributed by atoms with Gasteiger partial charge >= 0.3 is 0 Å². The molecule has 0 unspecified atom stereocenters. The molecule has 11 heavy (non-hydrogen) atoms. The van der Waals surface area contributed by atoms with Crippen LogP contribution < -0.4 is 0 Å². The van der Waals surface area contributed by atoms with Crippen molar-refractivity contribution in [1.29, 1.82) is 5.26 Å². The number of hydrogen-bond acceptors (Lipinski definition) is 2. The first-order valence-electron chi connectivity index (χ1n) is 4.44. The molecule has 0 heterocycles. The van der Waals surface area contributed by atoms with Gasteiger partial charge < -0.3 is 4.90 Å². The zero-order valence-electron chi connectivity index (χ0n) is 7.21. The molecule has 0 amide bonds. The molecule has 1 fully saturated rings. The smallest absolute Gasteiger partial charge is 0.179 e. The summed E-state index contributed by atoms with van der Waals surface area (Å²) in [5.41, 5.74) is 0. The fraction of sp³-hybridized carbons (Fsp3) is 0.889. The molecule has 0 bridgehead atoms. The Kier molecular flexibility index (Phi) is 3.22. The molecule has 62 valence electrons. The van der Waals surface area contributed by atoms with E-state index >= 15 is 0 Å². The van der Waals surface area contributed by atoms with Crippen molar-refractivity contribution >= 4 is 0 Å². The summed E-state index contributed by atoms with van der Waals surface area (Å²) in [6.07, 6.45) is 8.92. The van der Waals surface area contributed by atoms with Gasteiger partial charge in [0.05, 0.1) is 0 Å². The molecule has 0 radical (unpaired) electrons. The van der Waals surface area contributed by atoms with Crippen molar-refractivity contribution in [2.45, 2.75) is 32.1 Å². The number of rotatable bonds is 3. The third-order valence-corrected chi connectivity index (χ3v) is 2.52. The highest BCUT2D eigenvalue weighted by Gasteiger charge is 2.14. The molecule has 0 atom stereocenters. The van der Waals surface area contributed by atoms with Crippen LogP contribution in [0, 0.1) is 17.4 Å². The highest BCUT2D eigenvalue weighted by molar-refractivity contribution is 4.73. The lowest BCUT2D eigenvalue weighted by Gasteiger charge is -2.12. The van der Waals surface area contributed by atoms with Gasteiger partial charge in [0.15, 0.2) is 6.19 Å². The van der Waals surface area contributed by atoms with Gasteiger partial charge in [-0.1, -0.05) is 25.7 Å². The predicted molar refractivity (Wildman–Crippen MR) is 44.8 cm³/mol. The second-order valence-corrected chi connectivity index (χ2v) is 3.46. The van der Waals surface area contributed by atoms with Crippen molar-refractivity contribution in [1.82, 2.24) is 4.90 Å². The number of nitrogens with zero attached hydrogens (tertiary/aromatic N) is 2. The van der Waals surface area contributed by atoms with E-state index in [1.807, 2.05) is 7.05 Å². The summed E-state index contributed by atoms with van der Waals surface area (Å²) < 4.78 is 0. The Morgan fingerprint density at radius 2 is 2.09 bits per heavy atom. The van der Waals surface area contributed by atoms with Crippen LogP contribution in [-0.2, 0) is 0 Å². The third kappa shape index (κ3) is 2.80. The number of nitriles is 1. The van der Waals surface area contributed by atoms with Gasteiger partial charge in [0.1, 0.15) is 0 Å².